The summed E-state index contributed by atoms with van der Waals surface area (Å²) in [5.41, 5.74) is 0. The summed E-state index contributed by atoms with van der Waals surface area (Å²) in [7, 11) is 2.28. The zero-order valence-corrected chi connectivity index (χ0v) is 16.8. The molecule has 0 atom stereocenters. The van der Waals surface area contributed by atoms with Crippen LogP contribution in [0.3, 0.4) is 0 Å². The molecule has 0 aliphatic carbocycles. The molecule has 0 unspecified atom stereocenters. The predicted molar refractivity (Wildman–Crippen MR) is 99.4 cm³/mol. The second-order valence-corrected chi connectivity index (χ2v) is 8.48. The highest BCUT2D eigenvalue weighted by Crippen LogP contribution is 2.30. The molecular formula is C13H17I3NO+. The van der Waals surface area contributed by atoms with Gasteiger partial charge in [0.2, 0.25) is 0 Å². The van der Waals surface area contributed by atoms with Gasteiger partial charge in [0.15, 0.2) is 0 Å². The summed E-state index contributed by atoms with van der Waals surface area (Å²) in [5.74, 6) is 1.81. The summed E-state index contributed by atoms with van der Waals surface area (Å²) in [5, 5.41) is 0. The van der Waals surface area contributed by atoms with Crippen molar-refractivity contribution in [2.24, 2.45) is 5.92 Å². The van der Waals surface area contributed by atoms with Crippen molar-refractivity contribution in [3.63, 3.8) is 0 Å². The second kappa shape index (κ2) is 7.26. The summed E-state index contributed by atoms with van der Waals surface area (Å²) < 4.78 is 9.79. The van der Waals surface area contributed by atoms with E-state index in [-0.39, 0.29) is 0 Å². The highest BCUT2D eigenvalue weighted by Gasteiger charge is 2.20. The fourth-order valence-electron chi connectivity index (χ4n) is 2.21. The largest absolute Gasteiger partial charge is 0.491 e. The number of hydrogen-bond acceptors (Lipinski definition) is 1. The van der Waals surface area contributed by atoms with Gasteiger partial charge in [0.05, 0.1) is 33.9 Å². The number of hydrogen-bond donors (Lipinski definition) is 1. The molecule has 0 amide bonds. The third kappa shape index (κ3) is 4.34. The van der Waals surface area contributed by atoms with Crippen LogP contribution in [0.2, 0.25) is 0 Å². The Hall–Kier alpha value is 1.17. The quantitative estimate of drug-likeness (QED) is 0.541. The van der Waals surface area contributed by atoms with Crippen LogP contribution in [0.15, 0.2) is 12.1 Å². The van der Waals surface area contributed by atoms with Gasteiger partial charge in [-0.15, -0.1) is 0 Å². The van der Waals surface area contributed by atoms with Crippen molar-refractivity contribution in [3.8, 4) is 5.75 Å². The van der Waals surface area contributed by atoms with Gasteiger partial charge >= 0.3 is 0 Å². The zero-order chi connectivity index (χ0) is 13.1. The maximum Gasteiger partial charge on any atom is 0.146 e. The maximum atomic E-state index is 6.07. The minimum atomic E-state index is 0.736. The molecule has 1 aromatic carbocycles. The molecule has 0 bridgehead atoms. The van der Waals surface area contributed by atoms with Crippen LogP contribution in [-0.4, -0.2) is 26.7 Å². The van der Waals surface area contributed by atoms with Gasteiger partial charge in [-0.05, 0) is 79.9 Å². The van der Waals surface area contributed by atoms with E-state index in [2.05, 4.69) is 87.0 Å². The number of nitrogens with one attached hydrogen (secondary N) is 1. The molecule has 2 rings (SSSR count). The summed E-state index contributed by atoms with van der Waals surface area (Å²) in [4.78, 5) is 1.66. The smallest absolute Gasteiger partial charge is 0.146 e. The lowest BCUT2D eigenvalue weighted by Gasteiger charge is -2.26. The van der Waals surface area contributed by atoms with Crippen molar-refractivity contribution in [1.29, 1.82) is 0 Å². The summed E-state index contributed by atoms with van der Waals surface area (Å²) >= 11 is 7.09. The van der Waals surface area contributed by atoms with Crippen molar-refractivity contribution in [2.75, 3.05) is 26.7 Å². The van der Waals surface area contributed by atoms with Crippen LogP contribution >= 0.6 is 67.8 Å². The van der Waals surface area contributed by atoms with Gasteiger partial charge in [-0.1, -0.05) is 0 Å². The van der Waals surface area contributed by atoms with Crippen molar-refractivity contribution in [1.82, 2.24) is 0 Å². The van der Waals surface area contributed by atoms with Gasteiger partial charge in [-0.2, -0.15) is 0 Å². The van der Waals surface area contributed by atoms with Crippen LogP contribution in [0.5, 0.6) is 5.75 Å². The predicted octanol–water partition coefficient (Wildman–Crippen LogP) is 2.80. The molecule has 5 heteroatoms. The van der Waals surface area contributed by atoms with Crippen LogP contribution in [0.4, 0.5) is 0 Å². The number of ether oxygens (including phenoxy) is 1. The molecule has 2 nitrogen and oxygen atoms in total. The number of rotatable bonds is 3. The highest BCUT2D eigenvalue weighted by molar-refractivity contribution is 14.1. The number of benzene rings is 1. The van der Waals surface area contributed by atoms with Crippen LogP contribution < -0.4 is 9.64 Å². The normalized spacial score (nSPS) is 24.0. The standard InChI is InChI=1S/C13H16I3NO/c1-17-4-2-9(3-5-17)8-18-13-11(15)6-10(14)7-12(13)16/h6-7,9H,2-5,8H2,1H3/p+1. The summed E-state index contributed by atoms with van der Waals surface area (Å²) in [6.07, 6.45) is 2.59. The molecule has 0 radical (unpaired) electrons. The van der Waals surface area contributed by atoms with E-state index in [1.165, 1.54) is 36.6 Å². The molecule has 1 N–H and O–H groups in total. The van der Waals surface area contributed by atoms with Crippen LogP contribution in [-0.2, 0) is 0 Å². The lowest BCUT2D eigenvalue weighted by atomic mass is 9.98. The van der Waals surface area contributed by atoms with Gasteiger partial charge in [-0.3, -0.25) is 0 Å². The average Bonchev–Trinajstić information content (AvgIpc) is 2.30. The minimum absolute atomic E-state index is 0.736. The highest BCUT2D eigenvalue weighted by atomic mass is 127. The first-order chi connectivity index (χ1) is 8.56. The third-order valence-electron chi connectivity index (χ3n) is 3.39. The van der Waals surface area contributed by atoms with E-state index < -0.39 is 0 Å². The first kappa shape index (κ1) is 15.6. The molecule has 0 saturated carbocycles. The van der Waals surface area contributed by atoms with Crippen molar-refractivity contribution in [2.45, 2.75) is 12.8 Å². The number of quaternary nitrogens is 1. The molecule has 100 valence electrons. The van der Waals surface area contributed by atoms with Crippen LogP contribution in [0, 0.1) is 16.6 Å². The molecular weight excluding hydrogens is 567 g/mol. The molecule has 1 aliphatic heterocycles. The SMILES string of the molecule is C[NH+]1CCC(COc2c(I)cc(I)cc2I)CC1. The number of piperidine rings is 1. The Labute approximate surface area is 150 Å². The fraction of sp³-hybridized carbons (Fsp3) is 0.538. The van der Waals surface area contributed by atoms with E-state index in [1.807, 2.05) is 0 Å². The lowest BCUT2D eigenvalue weighted by molar-refractivity contribution is -0.886. The fourth-order valence-corrected chi connectivity index (χ4v) is 6.10. The lowest BCUT2D eigenvalue weighted by Crippen LogP contribution is -3.10. The van der Waals surface area contributed by atoms with Crippen molar-refractivity contribution in [3.05, 3.63) is 22.8 Å². The Morgan fingerprint density at radius 2 is 1.72 bits per heavy atom. The Bertz CT molecular complexity index is 394. The first-order valence-corrected chi connectivity index (χ1v) is 9.38. The van der Waals surface area contributed by atoms with E-state index in [1.54, 1.807) is 4.90 Å². The maximum absolute atomic E-state index is 6.07. The Morgan fingerprint density at radius 3 is 2.28 bits per heavy atom. The van der Waals surface area contributed by atoms with E-state index in [0.717, 1.165) is 18.3 Å². The number of likely N-dealkylation sites (tertiary alicyclic amines) is 1. The molecule has 1 aliphatic rings. The molecule has 1 fully saturated rings. The van der Waals surface area contributed by atoms with Gasteiger partial charge in [0.1, 0.15) is 5.75 Å². The Morgan fingerprint density at radius 1 is 1.17 bits per heavy atom. The van der Waals surface area contributed by atoms with Crippen molar-refractivity contribution >= 4 is 67.8 Å². The summed E-state index contributed by atoms with van der Waals surface area (Å²) in [6.45, 7) is 3.45. The van der Waals surface area contributed by atoms with E-state index in [0.29, 0.717) is 0 Å². The third-order valence-corrected chi connectivity index (χ3v) is 5.61. The second-order valence-electron chi connectivity index (χ2n) is 4.91. The average molecular weight is 584 g/mol. The van der Waals surface area contributed by atoms with Crippen molar-refractivity contribution < 1.29 is 9.64 Å². The zero-order valence-electron chi connectivity index (χ0n) is 10.3. The van der Waals surface area contributed by atoms with Gasteiger partial charge in [0.25, 0.3) is 0 Å². The number of halogens is 3. The molecule has 1 heterocycles. The Balaban J connectivity index is 1.94. The van der Waals surface area contributed by atoms with E-state index in [4.69, 9.17) is 4.74 Å². The van der Waals surface area contributed by atoms with Gasteiger partial charge < -0.3 is 9.64 Å². The molecule has 1 aromatic rings. The molecule has 18 heavy (non-hydrogen) atoms. The van der Waals surface area contributed by atoms with Crippen LogP contribution in [0.1, 0.15) is 12.8 Å². The van der Waals surface area contributed by atoms with E-state index in [9.17, 15) is 0 Å². The van der Waals surface area contributed by atoms with Gasteiger partial charge in [-0.25, -0.2) is 0 Å². The minimum Gasteiger partial charge on any atom is -0.491 e. The molecule has 0 spiro atoms. The van der Waals surface area contributed by atoms with E-state index >= 15 is 0 Å². The summed E-state index contributed by atoms with van der Waals surface area (Å²) in [6, 6.07) is 4.36. The molecule has 1 saturated heterocycles. The molecule has 0 aromatic heterocycles. The van der Waals surface area contributed by atoms with Gasteiger partial charge in [0, 0.05) is 22.3 Å². The topological polar surface area (TPSA) is 13.7 Å². The monoisotopic (exact) mass is 584 g/mol. The Kier molecular flexibility index (Phi) is 6.27. The van der Waals surface area contributed by atoms with Crippen LogP contribution in [0.25, 0.3) is 0 Å². The first-order valence-electron chi connectivity index (χ1n) is 6.15.